The van der Waals surface area contributed by atoms with Gasteiger partial charge < -0.3 is 10.6 Å². The SMILES string of the molecule is Cc1nc(Nc2ccc(C)c(C)c2)cc(C(=O)NC2CCS(=O)(=O)C2)n1. The molecular formula is C18H22N4O3S. The van der Waals surface area contributed by atoms with Crippen molar-refractivity contribution in [1.29, 1.82) is 0 Å². The third-order valence-electron chi connectivity index (χ3n) is 4.42. The van der Waals surface area contributed by atoms with E-state index in [1.165, 1.54) is 5.56 Å². The van der Waals surface area contributed by atoms with Gasteiger partial charge in [0, 0.05) is 17.8 Å². The first-order valence-corrected chi connectivity index (χ1v) is 10.3. The van der Waals surface area contributed by atoms with Crippen LogP contribution in [0.15, 0.2) is 24.3 Å². The highest BCUT2D eigenvalue weighted by Crippen LogP contribution is 2.19. The fourth-order valence-electron chi connectivity index (χ4n) is 2.88. The average Bonchev–Trinajstić information content (AvgIpc) is 2.89. The van der Waals surface area contributed by atoms with E-state index in [0.29, 0.717) is 18.1 Å². The number of amides is 1. The predicted molar refractivity (Wildman–Crippen MR) is 100 cm³/mol. The summed E-state index contributed by atoms with van der Waals surface area (Å²) >= 11 is 0. The summed E-state index contributed by atoms with van der Waals surface area (Å²) in [4.78, 5) is 20.9. The molecule has 0 radical (unpaired) electrons. The molecule has 1 aliphatic heterocycles. The zero-order valence-electron chi connectivity index (χ0n) is 15.0. The van der Waals surface area contributed by atoms with Crippen molar-refractivity contribution in [3.63, 3.8) is 0 Å². The minimum Gasteiger partial charge on any atom is -0.347 e. The summed E-state index contributed by atoms with van der Waals surface area (Å²) in [6, 6.07) is 7.18. The number of rotatable bonds is 4. The number of nitrogens with one attached hydrogen (secondary N) is 2. The molecule has 8 heteroatoms. The number of sulfone groups is 1. The first kappa shape index (κ1) is 18.3. The molecule has 26 heavy (non-hydrogen) atoms. The molecule has 1 unspecified atom stereocenters. The summed E-state index contributed by atoms with van der Waals surface area (Å²) in [5, 5.41) is 5.94. The van der Waals surface area contributed by atoms with Crippen LogP contribution in [0.2, 0.25) is 0 Å². The Balaban J connectivity index is 1.76. The average molecular weight is 374 g/mol. The Bertz CT molecular complexity index is 957. The van der Waals surface area contributed by atoms with Crippen LogP contribution in [0.3, 0.4) is 0 Å². The Morgan fingerprint density at radius 3 is 2.54 bits per heavy atom. The minimum absolute atomic E-state index is 0.0173. The minimum atomic E-state index is -3.05. The number of aryl methyl sites for hydroxylation is 3. The molecule has 1 aliphatic rings. The van der Waals surface area contributed by atoms with Crippen LogP contribution in [0.1, 0.15) is 33.9 Å². The summed E-state index contributed by atoms with van der Waals surface area (Å²) in [6.45, 7) is 5.78. The van der Waals surface area contributed by atoms with E-state index in [1.807, 2.05) is 32.0 Å². The lowest BCUT2D eigenvalue weighted by molar-refractivity contribution is 0.0935. The third-order valence-corrected chi connectivity index (χ3v) is 6.19. The first-order valence-electron chi connectivity index (χ1n) is 8.43. The van der Waals surface area contributed by atoms with Gasteiger partial charge in [0.15, 0.2) is 9.84 Å². The lowest BCUT2D eigenvalue weighted by Gasteiger charge is -2.12. The molecule has 1 saturated heterocycles. The molecular weight excluding hydrogens is 352 g/mol. The summed E-state index contributed by atoms with van der Waals surface area (Å²) in [6.07, 6.45) is 0.436. The van der Waals surface area contributed by atoms with Gasteiger partial charge in [-0.1, -0.05) is 6.07 Å². The van der Waals surface area contributed by atoms with Gasteiger partial charge in [-0.2, -0.15) is 0 Å². The van der Waals surface area contributed by atoms with Gasteiger partial charge in [0.25, 0.3) is 5.91 Å². The van der Waals surface area contributed by atoms with E-state index in [2.05, 4.69) is 20.6 Å². The normalized spacial score (nSPS) is 18.5. The second-order valence-corrected chi connectivity index (χ2v) is 8.91. The summed E-state index contributed by atoms with van der Waals surface area (Å²) < 4.78 is 23.1. The van der Waals surface area contributed by atoms with Gasteiger partial charge in [-0.15, -0.1) is 0 Å². The number of hydrogen-bond donors (Lipinski definition) is 2. The van der Waals surface area contributed by atoms with Crippen LogP contribution in [-0.2, 0) is 9.84 Å². The van der Waals surface area contributed by atoms with E-state index in [0.717, 1.165) is 11.3 Å². The lowest BCUT2D eigenvalue weighted by Crippen LogP contribution is -2.36. The van der Waals surface area contributed by atoms with Crippen LogP contribution in [0.5, 0.6) is 0 Å². The zero-order valence-corrected chi connectivity index (χ0v) is 15.9. The Kier molecular flexibility index (Phi) is 4.95. The molecule has 2 aromatic rings. The number of nitrogens with zero attached hydrogens (tertiary/aromatic N) is 2. The molecule has 1 aromatic carbocycles. The van der Waals surface area contributed by atoms with Gasteiger partial charge in [0.2, 0.25) is 0 Å². The van der Waals surface area contributed by atoms with Crippen LogP contribution < -0.4 is 10.6 Å². The zero-order chi connectivity index (χ0) is 18.9. The number of benzene rings is 1. The molecule has 1 aromatic heterocycles. The standard InChI is InChI=1S/C18H22N4O3S/c1-11-4-5-14(8-12(11)2)21-17-9-16(19-13(3)20-17)18(23)22-15-6-7-26(24,25)10-15/h4-5,8-9,15H,6-7,10H2,1-3H3,(H,22,23)(H,19,20,21). The smallest absolute Gasteiger partial charge is 0.270 e. The molecule has 0 spiro atoms. The molecule has 7 nitrogen and oxygen atoms in total. The van der Waals surface area contributed by atoms with Gasteiger partial charge >= 0.3 is 0 Å². The van der Waals surface area contributed by atoms with Gasteiger partial charge in [-0.25, -0.2) is 18.4 Å². The predicted octanol–water partition coefficient (Wildman–Crippen LogP) is 2.06. The van der Waals surface area contributed by atoms with Crippen molar-refractivity contribution in [2.75, 3.05) is 16.8 Å². The Morgan fingerprint density at radius 2 is 1.88 bits per heavy atom. The second-order valence-electron chi connectivity index (χ2n) is 6.68. The van der Waals surface area contributed by atoms with E-state index in [-0.39, 0.29) is 29.1 Å². The van der Waals surface area contributed by atoms with E-state index in [9.17, 15) is 13.2 Å². The van der Waals surface area contributed by atoms with Crippen LogP contribution in [-0.4, -0.2) is 41.8 Å². The Labute approximate surface area is 153 Å². The molecule has 0 aliphatic carbocycles. The summed E-state index contributed by atoms with van der Waals surface area (Å²) in [5.41, 5.74) is 3.44. The molecule has 1 atom stereocenters. The van der Waals surface area contributed by atoms with Crippen molar-refractivity contribution in [2.45, 2.75) is 33.2 Å². The van der Waals surface area contributed by atoms with Crippen molar-refractivity contribution in [2.24, 2.45) is 0 Å². The number of anilines is 2. The van der Waals surface area contributed by atoms with Gasteiger partial charge in [-0.05, 0) is 50.5 Å². The van der Waals surface area contributed by atoms with Crippen molar-refractivity contribution in [3.05, 3.63) is 46.9 Å². The van der Waals surface area contributed by atoms with Crippen LogP contribution >= 0.6 is 0 Å². The summed E-state index contributed by atoms with van der Waals surface area (Å²) in [7, 11) is -3.05. The van der Waals surface area contributed by atoms with Gasteiger partial charge in [0.1, 0.15) is 17.3 Å². The van der Waals surface area contributed by atoms with E-state index >= 15 is 0 Å². The number of aromatic nitrogens is 2. The molecule has 2 N–H and O–H groups in total. The number of hydrogen-bond acceptors (Lipinski definition) is 6. The molecule has 2 heterocycles. The monoisotopic (exact) mass is 374 g/mol. The van der Waals surface area contributed by atoms with Crippen molar-refractivity contribution in [1.82, 2.24) is 15.3 Å². The maximum atomic E-state index is 12.4. The van der Waals surface area contributed by atoms with E-state index in [4.69, 9.17) is 0 Å². The molecule has 1 amide bonds. The fourth-order valence-corrected chi connectivity index (χ4v) is 4.56. The Morgan fingerprint density at radius 1 is 1.12 bits per heavy atom. The maximum Gasteiger partial charge on any atom is 0.270 e. The molecule has 138 valence electrons. The van der Waals surface area contributed by atoms with E-state index in [1.54, 1.807) is 13.0 Å². The Hall–Kier alpha value is -2.48. The van der Waals surface area contributed by atoms with E-state index < -0.39 is 9.84 Å². The molecule has 0 saturated carbocycles. The highest BCUT2D eigenvalue weighted by molar-refractivity contribution is 7.91. The second kappa shape index (κ2) is 7.03. The third kappa shape index (κ3) is 4.37. The van der Waals surface area contributed by atoms with Gasteiger partial charge in [-0.3, -0.25) is 4.79 Å². The molecule has 3 rings (SSSR count). The summed E-state index contributed by atoms with van der Waals surface area (Å²) in [5.74, 6) is 0.686. The number of carbonyl (C=O) groups is 1. The van der Waals surface area contributed by atoms with Crippen LogP contribution in [0.25, 0.3) is 0 Å². The first-order chi connectivity index (χ1) is 12.2. The van der Waals surface area contributed by atoms with Gasteiger partial charge in [0.05, 0.1) is 11.5 Å². The number of carbonyl (C=O) groups excluding carboxylic acids is 1. The fraction of sp³-hybridized carbons (Fsp3) is 0.389. The lowest BCUT2D eigenvalue weighted by atomic mass is 10.1. The topological polar surface area (TPSA) is 101 Å². The van der Waals surface area contributed by atoms with Crippen molar-refractivity contribution < 1.29 is 13.2 Å². The maximum absolute atomic E-state index is 12.4. The van der Waals surface area contributed by atoms with Crippen molar-refractivity contribution >= 4 is 27.2 Å². The highest BCUT2D eigenvalue weighted by atomic mass is 32.2. The molecule has 1 fully saturated rings. The quantitative estimate of drug-likeness (QED) is 0.849. The molecule has 0 bridgehead atoms. The van der Waals surface area contributed by atoms with Crippen LogP contribution in [0.4, 0.5) is 11.5 Å². The highest BCUT2D eigenvalue weighted by Gasteiger charge is 2.29. The largest absolute Gasteiger partial charge is 0.347 e. The van der Waals surface area contributed by atoms with Crippen LogP contribution in [0, 0.1) is 20.8 Å². The van der Waals surface area contributed by atoms with Crippen molar-refractivity contribution in [3.8, 4) is 0 Å².